The highest BCUT2D eigenvalue weighted by Crippen LogP contribution is 2.15. The van der Waals surface area contributed by atoms with Gasteiger partial charge in [-0.15, -0.1) is 0 Å². The molecule has 0 N–H and O–H groups in total. The number of hydrogen-bond acceptors (Lipinski definition) is 5. The molecule has 1 heterocycles. The minimum Gasteiger partial charge on any atom is -0.450 e. The highest BCUT2D eigenvalue weighted by Gasteiger charge is 2.17. The first-order chi connectivity index (χ1) is 13.3. The number of amides is 1. The Labute approximate surface area is 166 Å². The van der Waals surface area contributed by atoms with Gasteiger partial charge in [-0.1, -0.05) is 35.4 Å². The molecule has 3 rings (SSSR count). The van der Waals surface area contributed by atoms with Gasteiger partial charge in [0, 0.05) is 24.7 Å². The van der Waals surface area contributed by atoms with Crippen molar-refractivity contribution in [2.75, 3.05) is 13.7 Å². The van der Waals surface area contributed by atoms with E-state index in [1.54, 1.807) is 37.4 Å². The summed E-state index contributed by atoms with van der Waals surface area (Å²) in [5.41, 5.74) is 1.74. The fourth-order valence-corrected chi connectivity index (χ4v) is 2.76. The van der Waals surface area contributed by atoms with Crippen LogP contribution in [-0.4, -0.2) is 30.4 Å². The number of ether oxygens (including phenoxy) is 1. The Morgan fingerprint density at radius 1 is 1.11 bits per heavy atom. The van der Waals surface area contributed by atoms with Crippen LogP contribution < -0.4 is 5.43 Å². The summed E-state index contributed by atoms with van der Waals surface area (Å²) in [5, 5.41) is 0.994. The summed E-state index contributed by atoms with van der Waals surface area (Å²) in [6, 6.07) is 13.2. The Morgan fingerprint density at radius 2 is 1.82 bits per heavy atom. The normalized spacial score (nSPS) is 10.7. The Kier molecular flexibility index (Phi) is 5.80. The zero-order valence-corrected chi connectivity index (χ0v) is 16.2. The van der Waals surface area contributed by atoms with Gasteiger partial charge in [0.2, 0.25) is 5.76 Å². The van der Waals surface area contributed by atoms with Crippen LogP contribution >= 0.6 is 11.6 Å². The largest absolute Gasteiger partial charge is 0.450 e. The van der Waals surface area contributed by atoms with Crippen molar-refractivity contribution in [2.24, 2.45) is 0 Å². The van der Waals surface area contributed by atoms with Gasteiger partial charge in [-0.3, -0.25) is 9.59 Å². The number of rotatable bonds is 5. The lowest BCUT2D eigenvalue weighted by molar-refractivity contribution is -0.133. The van der Waals surface area contributed by atoms with Crippen LogP contribution in [0.15, 0.2) is 57.7 Å². The summed E-state index contributed by atoms with van der Waals surface area (Å²) in [7, 11) is 1.60. The maximum Gasteiger partial charge on any atom is 0.374 e. The van der Waals surface area contributed by atoms with Crippen LogP contribution in [0, 0.1) is 6.92 Å². The van der Waals surface area contributed by atoms with Crippen molar-refractivity contribution in [3.05, 3.63) is 80.7 Å². The number of esters is 1. The molecule has 2 aromatic carbocycles. The topological polar surface area (TPSA) is 76.8 Å². The lowest BCUT2D eigenvalue weighted by Crippen LogP contribution is -2.30. The Hall–Kier alpha value is -3.12. The van der Waals surface area contributed by atoms with Crippen molar-refractivity contribution in [3.63, 3.8) is 0 Å². The van der Waals surface area contributed by atoms with E-state index >= 15 is 0 Å². The molecule has 0 aliphatic heterocycles. The van der Waals surface area contributed by atoms with Crippen LogP contribution in [-0.2, 0) is 16.1 Å². The summed E-state index contributed by atoms with van der Waals surface area (Å²) in [6.07, 6.45) is 0. The van der Waals surface area contributed by atoms with E-state index in [1.807, 2.05) is 19.1 Å². The first-order valence-electron chi connectivity index (χ1n) is 8.53. The van der Waals surface area contributed by atoms with Crippen molar-refractivity contribution >= 4 is 34.4 Å². The number of carbonyl (C=O) groups excluding carboxylic acids is 2. The number of nitrogens with zero attached hydrogens (tertiary/aromatic N) is 1. The van der Waals surface area contributed by atoms with Crippen LogP contribution in [0.4, 0.5) is 0 Å². The van der Waals surface area contributed by atoms with Gasteiger partial charge in [0.15, 0.2) is 12.0 Å². The number of hydrogen-bond donors (Lipinski definition) is 0. The molecule has 0 aliphatic rings. The Bertz CT molecular complexity index is 1090. The Morgan fingerprint density at radius 3 is 2.54 bits per heavy atom. The predicted octanol–water partition coefficient (Wildman–Crippen LogP) is 3.57. The van der Waals surface area contributed by atoms with Gasteiger partial charge >= 0.3 is 5.97 Å². The summed E-state index contributed by atoms with van der Waals surface area (Å²) in [4.78, 5) is 38.0. The second kappa shape index (κ2) is 8.27. The molecule has 28 heavy (non-hydrogen) atoms. The number of halogens is 1. The SMILES string of the molecule is Cc1ccc2oc(C(=O)OCC(=O)N(C)Cc3ccc(Cl)cc3)cc(=O)c2c1. The zero-order chi connectivity index (χ0) is 20.3. The van der Waals surface area contributed by atoms with Crippen molar-refractivity contribution in [2.45, 2.75) is 13.5 Å². The van der Waals surface area contributed by atoms with Gasteiger partial charge in [-0.05, 0) is 36.8 Å². The van der Waals surface area contributed by atoms with Crippen molar-refractivity contribution < 1.29 is 18.7 Å². The average Bonchev–Trinajstić information content (AvgIpc) is 2.67. The summed E-state index contributed by atoms with van der Waals surface area (Å²) < 4.78 is 10.5. The standard InChI is InChI=1S/C21H18ClNO5/c1-13-3-8-18-16(9-13)17(24)10-19(28-18)21(26)27-12-20(25)23(2)11-14-4-6-15(22)7-5-14/h3-10H,11-12H2,1-2H3. The molecule has 0 bridgehead atoms. The van der Waals surface area contributed by atoms with Crippen LogP contribution in [0.2, 0.25) is 5.02 Å². The Balaban J connectivity index is 1.64. The van der Waals surface area contributed by atoms with E-state index in [0.29, 0.717) is 17.0 Å². The third-order valence-corrected chi connectivity index (χ3v) is 4.42. The minimum atomic E-state index is -0.868. The monoisotopic (exact) mass is 399 g/mol. The molecule has 3 aromatic rings. The molecule has 0 atom stereocenters. The molecule has 0 saturated heterocycles. The van der Waals surface area contributed by atoms with E-state index in [1.165, 1.54) is 4.90 Å². The van der Waals surface area contributed by atoms with E-state index in [-0.39, 0.29) is 22.7 Å². The van der Waals surface area contributed by atoms with E-state index in [0.717, 1.165) is 17.2 Å². The summed E-state index contributed by atoms with van der Waals surface area (Å²) in [5.74, 6) is -1.50. The lowest BCUT2D eigenvalue weighted by Gasteiger charge is -2.17. The highest BCUT2D eigenvalue weighted by molar-refractivity contribution is 6.30. The molecule has 144 valence electrons. The number of likely N-dealkylation sites (N-methyl/N-ethyl adjacent to an activating group) is 1. The van der Waals surface area contributed by atoms with Crippen molar-refractivity contribution in [1.29, 1.82) is 0 Å². The number of aryl methyl sites for hydroxylation is 1. The van der Waals surface area contributed by atoms with E-state index in [2.05, 4.69) is 0 Å². The molecule has 1 amide bonds. The fraction of sp³-hybridized carbons (Fsp3) is 0.190. The maximum absolute atomic E-state index is 12.2. The third kappa shape index (κ3) is 4.58. The molecular weight excluding hydrogens is 382 g/mol. The van der Waals surface area contributed by atoms with Gasteiger partial charge in [-0.2, -0.15) is 0 Å². The van der Waals surface area contributed by atoms with Gasteiger partial charge in [0.05, 0.1) is 5.39 Å². The number of benzene rings is 2. The smallest absolute Gasteiger partial charge is 0.374 e. The molecule has 0 fully saturated rings. The quantitative estimate of drug-likeness (QED) is 0.613. The molecule has 1 aromatic heterocycles. The van der Waals surface area contributed by atoms with Gasteiger partial charge < -0.3 is 14.1 Å². The lowest BCUT2D eigenvalue weighted by atomic mass is 10.1. The molecule has 7 heteroatoms. The molecule has 6 nitrogen and oxygen atoms in total. The molecule has 0 unspecified atom stereocenters. The van der Waals surface area contributed by atoms with E-state index < -0.39 is 12.6 Å². The average molecular weight is 400 g/mol. The molecule has 0 radical (unpaired) electrons. The van der Waals surface area contributed by atoms with Crippen LogP contribution in [0.3, 0.4) is 0 Å². The van der Waals surface area contributed by atoms with E-state index in [4.69, 9.17) is 20.8 Å². The minimum absolute atomic E-state index is 0.241. The van der Waals surface area contributed by atoms with Crippen LogP contribution in [0.1, 0.15) is 21.7 Å². The van der Waals surface area contributed by atoms with Gasteiger partial charge in [0.1, 0.15) is 5.58 Å². The first-order valence-corrected chi connectivity index (χ1v) is 8.91. The summed E-state index contributed by atoms with van der Waals surface area (Å²) in [6.45, 7) is 1.74. The molecule has 0 saturated carbocycles. The highest BCUT2D eigenvalue weighted by atomic mass is 35.5. The van der Waals surface area contributed by atoms with Crippen LogP contribution in [0.5, 0.6) is 0 Å². The van der Waals surface area contributed by atoms with Crippen LogP contribution in [0.25, 0.3) is 11.0 Å². The van der Waals surface area contributed by atoms with Crippen molar-refractivity contribution in [1.82, 2.24) is 4.90 Å². The first kappa shape index (κ1) is 19.6. The van der Waals surface area contributed by atoms with Gasteiger partial charge in [-0.25, -0.2) is 4.79 Å². The molecule has 0 aliphatic carbocycles. The summed E-state index contributed by atoms with van der Waals surface area (Å²) >= 11 is 5.84. The second-order valence-electron chi connectivity index (χ2n) is 6.43. The zero-order valence-electron chi connectivity index (χ0n) is 15.4. The number of fused-ring (bicyclic) bond motifs is 1. The van der Waals surface area contributed by atoms with Gasteiger partial charge in [0.25, 0.3) is 5.91 Å². The second-order valence-corrected chi connectivity index (χ2v) is 6.86. The number of carbonyl (C=O) groups is 2. The third-order valence-electron chi connectivity index (χ3n) is 4.17. The maximum atomic E-state index is 12.2. The fourth-order valence-electron chi connectivity index (χ4n) is 2.63. The van der Waals surface area contributed by atoms with Crippen molar-refractivity contribution in [3.8, 4) is 0 Å². The molecule has 0 spiro atoms. The predicted molar refractivity (Wildman–Crippen MR) is 105 cm³/mol. The molecular formula is C21H18ClNO5. The van der Waals surface area contributed by atoms with E-state index in [9.17, 15) is 14.4 Å².